The van der Waals surface area contributed by atoms with Crippen molar-refractivity contribution in [2.45, 2.75) is 83.0 Å². The Labute approximate surface area is 217 Å². The number of aliphatic hydroxyl groups excluding tert-OH is 2. The molecule has 2 N–H and O–H groups in total. The predicted octanol–water partition coefficient (Wildman–Crippen LogP) is 1.19. The number of carbonyl (C=O) groups excluding carboxylic acids is 1. The number of aromatic nitrogens is 1. The molecule has 3 rings (SSSR count). The SMILES string of the molecule is CC(C)c1c(/C=C/C(O)CC(O)CC(=O)[O-])c(-c2ccc(F)cc2)cn1C1CCCCC1.[Na+]. The van der Waals surface area contributed by atoms with Crippen molar-refractivity contribution in [3.63, 3.8) is 0 Å². The van der Waals surface area contributed by atoms with Gasteiger partial charge in [0.25, 0.3) is 0 Å². The molecule has 33 heavy (non-hydrogen) atoms. The van der Waals surface area contributed by atoms with E-state index in [0.29, 0.717) is 6.04 Å². The van der Waals surface area contributed by atoms with Gasteiger partial charge in [-0.2, -0.15) is 0 Å². The minimum absolute atomic E-state index is 0. The standard InChI is InChI=1S/C26H34FNO4.Na/c1-17(2)26-23(13-12-21(29)14-22(30)15-25(31)32)24(18-8-10-19(27)11-9-18)16-28(26)20-6-4-3-5-7-20;/h8-13,16-17,20-22,29-30H,3-7,14-15H2,1-2H3,(H,31,32);/q;+1/p-1/b13-12+;. The van der Waals surface area contributed by atoms with Gasteiger partial charge in [0, 0.05) is 47.9 Å². The van der Waals surface area contributed by atoms with E-state index in [4.69, 9.17) is 0 Å². The molecule has 0 amide bonds. The van der Waals surface area contributed by atoms with E-state index in [1.165, 1.54) is 31.4 Å². The third kappa shape index (κ3) is 7.52. The quantitative estimate of drug-likeness (QED) is 0.545. The number of benzene rings is 1. The summed E-state index contributed by atoms with van der Waals surface area (Å²) >= 11 is 0. The van der Waals surface area contributed by atoms with Gasteiger partial charge in [-0.25, -0.2) is 4.39 Å². The summed E-state index contributed by atoms with van der Waals surface area (Å²) in [5.41, 5.74) is 3.99. The van der Waals surface area contributed by atoms with Gasteiger partial charge in [0.15, 0.2) is 0 Å². The Hall–Kier alpha value is -1.44. The topological polar surface area (TPSA) is 85.5 Å². The van der Waals surface area contributed by atoms with E-state index >= 15 is 0 Å². The van der Waals surface area contributed by atoms with Crippen molar-refractivity contribution in [1.82, 2.24) is 4.57 Å². The van der Waals surface area contributed by atoms with Crippen LogP contribution in [0.25, 0.3) is 17.2 Å². The molecule has 5 nitrogen and oxygen atoms in total. The second kappa shape index (κ2) is 12.9. The molecule has 2 unspecified atom stereocenters. The molecule has 1 aliphatic carbocycles. The molecule has 0 radical (unpaired) electrons. The molecule has 0 bridgehead atoms. The van der Waals surface area contributed by atoms with Gasteiger partial charge in [-0.15, -0.1) is 0 Å². The van der Waals surface area contributed by atoms with Crippen LogP contribution < -0.4 is 34.7 Å². The number of carboxylic acids is 1. The molecule has 2 aromatic rings. The first kappa shape index (κ1) is 27.8. The molecule has 2 atom stereocenters. The van der Waals surface area contributed by atoms with E-state index in [2.05, 4.69) is 24.6 Å². The number of carboxylic acid groups (broad SMARTS) is 1. The Morgan fingerprint density at radius 1 is 1.18 bits per heavy atom. The fourth-order valence-corrected chi connectivity index (χ4v) is 4.70. The van der Waals surface area contributed by atoms with Crippen molar-refractivity contribution in [3.8, 4) is 11.1 Å². The zero-order valence-electron chi connectivity index (χ0n) is 19.8. The summed E-state index contributed by atoms with van der Waals surface area (Å²) in [4.78, 5) is 10.7. The average Bonchev–Trinajstić information content (AvgIpc) is 3.12. The Bertz CT molecular complexity index is 933. The Morgan fingerprint density at radius 2 is 1.82 bits per heavy atom. The van der Waals surface area contributed by atoms with Crippen LogP contribution in [0.1, 0.15) is 82.0 Å². The van der Waals surface area contributed by atoms with Gasteiger partial charge in [0.1, 0.15) is 5.82 Å². The zero-order chi connectivity index (χ0) is 23.3. The molecule has 1 fully saturated rings. The van der Waals surface area contributed by atoms with Crippen LogP contribution >= 0.6 is 0 Å². The number of nitrogens with zero attached hydrogens (tertiary/aromatic N) is 1. The molecule has 1 saturated carbocycles. The molecule has 0 spiro atoms. The summed E-state index contributed by atoms with van der Waals surface area (Å²) in [7, 11) is 0. The maximum absolute atomic E-state index is 13.6. The first-order chi connectivity index (χ1) is 15.3. The van der Waals surface area contributed by atoms with Crippen LogP contribution in [-0.2, 0) is 4.79 Å². The number of halogens is 1. The van der Waals surface area contributed by atoms with E-state index in [-0.39, 0.29) is 47.7 Å². The molecule has 1 heterocycles. The van der Waals surface area contributed by atoms with E-state index < -0.39 is 24.6 Å². The van der Waals surface area contributed by atoms with Crippen molar-refractivity contribution in [1.29, 1.82) is 0 Å². The number of carbonyl (C=O) groups is 1. The number of hydrogen-bond donors (Lipinski definition) is 2. The molecule has 0 saturated heterocycles. The summed E-state index contributed by atoms with van der Waals surface area (Å²) in [5.74, 6) is -1.41. The van der Waals surface area contributed by atoms with Crippen LogP contribution in [0, 0.1) is 5.82 Å². The zero-order valence-corrected chi connectivity index (χ0v) is 21.8. The van der Waals surface area contributed by atoms with Gasteiger partial charge in [-0.3, -0.25) is 0 Å². The van der Waals surface area contributed by atoms with Crippen LogP contribution in [0.5, 0.6) is 0 Å². The monoisotopic (exact) mass is 465 g/mol. The van der Waals surface area contributed by atoms with E-state index in [9.17, 15) is 24.5 Å². The Morgan fingerprint density at radius 3 is 2.39 bits per heavy atom. The largest absolute Gasteiger partial charge is 1.00 e. The maximum atomic E-state index is 13.6. The summed E-state index contributed by atoms with van der Waals surface area (Å²) < 4.78 is 15.9. The Balaban J connectivity index is 0.00000385. The first-order valence-electron chi connectivity index (χ1n) is 11.5. The van der Waals surface area contributed by atoms with Crippen molar-refractivity contribution < 1.29 is 54.1 Å². The van der Waals surface area contributed by atoms with Crippen LogP contribution in [0.2, 0.25) is 0 Å². The van der Waals surface area contributed by atoms with Gasteiger partial charge in [-0.1, -0.05) is 57.4 Å². The molecule has 1 aliphatic rings. The maximum Gasteiger partial charge on any atom is 1.00 e. The number of rotatable bonds is 9. The first-order valence-corrected chi connectivity index (χ1v) is 11.5. The van der Waals surface area contributed by atoms with Crippen LogP contribution in [0.15, 0.2) is 36.5 Å². The summed E-state index contributed by atoms with van der Waals surface area (Å²) in [5, 5.41) is 30.8. The van der Waals surface area contributed by atoms with E-state index in [1.807, 2.05) is 6.08 Å². The van der Waals surface area contributed by atoms with Gasteiger partial charge in [0.05, 0.1) is 12.2 Å². The van der Waals surface area contributed by atoms with Crippen molar-refractivity contribution in [2.75, 3.05) is 0 Å². The third-order valence-corrected chi connectivity index (χ3v) is 6.18. The minimum atomic E-state index is -1.35. The summed E-state index contributed by atoms with van der Waals surface area (Å²) in [6, 6.07) is 6.83. The van der Waals surface area contributed by atoms with Gasteiger partial charge < -0.3 is 24.7 Å². The molecule has 1 aromatic carbocycles. The second-order valence-corrected chi connectivity index (χ2v) is 9.09. The summed E-state index contributed by atoms with van der Waals surface area (Å²) in [6.45, 7) is 4.28. The second-order valence-electron chi connectivity index (χ2n) is 9.09. The normalized spacial score (nSPS) is 16.7. The number of aliphatic carboxylic acids is 1. The van der Waals surface area contributed by atoms with Crippen LogP contribution in [0.4, 0.5) is 4.39 Å². The molecule has 1 aromatic heterocycles. The summed E-state index contributed by atoms with van der Waals surface area (Å²) in [6.07, 6.45) is 8.73. The van der Waals surface area contributed by atoms with Crippen molar-refractivity contribution >= 4 is 12.0 Å². The minimum Gasteiger partial charge on any atom is -0.550 e. The number of aliphatic hydroxyl groups is 2. The van der Waals surface area contributed by atoms with E-state index in [0.717, 1.165) is 35.2 Å². The van der Waals surface area contributed by atoms with Gasteiger partial charge in [0.2, 0.25) is 0 Å². The molecule has 174 valence electrons. The fraction of sp³-hybridized carbons (Fsp3) is 0.500. The third-order valence-electron chi connectivity index (χ3n) is 6.18. The predicted molar refractivity (Wildman–Crippen MR) is 121 cm³/mol. The van der Waals surface area contributed by atoms with Crippen LogP contribution in [-0.4, -0.2) is 33.0 Å². The van der Waals surface area contributed by atoms with Gasteiger partial charge >= 0.3 is 29.6 Å². The molecular formula is C26H33FNNaO4. The fourth-order valence-electron chi connectivity index (χ4n) is 4.70. The van der Waals surface area contributed by atoms with Crippen molar-refractivity contribution in [3.05, 3.63) is 53.6 Å². The molecule has 0 aliphatic heterocycles. The smallest absolute Gasteiger partial charge is 0.550 e. The number of hydrogen-bond acceptors (Lipinski definition) is 4. The van der Waals surface area contributed by atoms with E-state index in [1.54, 1.807) is 18.2 Å². The van der Waals surface area contributed by atoms with Gasteiger partial charge in [-0.05, 0) is 36.5 Å². The Kier molecular flexibility index (Phi) is 10.8. The van der Waals surface area contributed by atoms with Crippen LogP contribution in [0.3, 0.4) is 0 Å². The average molecular weight is 466 g/mol. The van der Waals surface area contributed by atoms with Crippen molar-refractivity contribution in [2.24, 2.45) is 0 Å². The molecular weight excluding hydrogens is 432 g/mol. The molecule has 7 heteroatoms.